The average molecular weight is 178 g/mol. The lowest BCUT2D eigenvalue weighted by molar-refractivity contribution is 0.717. The van der Waals surface area contributed by atoms with Gasteiger partial charge in [-0.05, 0) is 25.8 Å². The summed E-state index contributed by atoms with van der Waals surface area (Å²) in [6.45, 7) is 2.75. The van der Waals surface area contributed by atoms with Gasteiger partial charge >= 0.3 is 0 Å². The van der Waals surface area contributed by atoms with Gasteiger partial charge in [-0.25, -0.2) is 0 Å². The third kappa shape index (κ3) is 1.15. The minimum absolute atomic E-state index is 0.173. The zero-order valence-electron chi connectivity index (χ0n) is 8.05. The molecule has 1 aliphatic heterocycles. The third-order valence-electron chi connectivity index (χ3n) is 2.64. The zero-order valence-corrected chi connectivity index (χ0v) is 8.05. The van der Waals surface area contributed by atoms with Gasteiger partial charge in [0.1, 0.15) is 0 Å². The van der Waals surface area contributed by atoms with Gasteiger partial charge in [-0.2, -0.15) is 0 Å². The molecule has 1 aromatic heterocycles. The lowest BCUT2D eigenvalue weighted by atomic mass is 10.2. The fourth-order valence-corrected chi connectivity index (χ4v) is 1.97. The summed E-state index contributed by atoms with van der Waals surface area (Å²) in [6.07, 6.45) is 2.11. The van der Waals surface area contributed by atoms with Gasteiger partial charge in [-0.3, -0.25) is 4.79 Å². The number of aryl methyl sites for hydroxylation is 1. The van der Waals surface area contributed by atoms with Crippen LogP contribution < -0.4 is 10.9 Å². The van der Waals surface area contributed by atoms with Crippen LogP contribution in [0.15, 0.2) is 10.9 Å². The molecule has 0 spiro atoms. The Balaban J connectivity index is 2.71. The maximum atomic E-state index is 11.7. The number of hydrogen-bond acceptors (Lipinski definition) is 2. The van der Waals surface area contributed by atoms with E-state index in [1.54, 1.807) is 0 Å². The number of nitrogens with zero attached hydrogens (tertiary/aromatic N) is 1. The van der Waals surface area contributed by atoms with Crippen molar-refractivity contribution in [1.82, 2.24) is 4.57 Å². The van der Waals surface area contributed by atoms with Crippen molar-refractivity contribution in [3.05, 3.63) is 27.7 Å². The van der Waals surface area contributed by atoms with E-state index in [1.165, 1.54) is 0 Å². The Hall–Kier alpha value is -1.25. The molecule has 13 heavy (non-hydrogen) atoms. The topological polar surface area (TPSA) is 34.0 Å². The first-order valence-electron chi connectivity index (χ1n) is 4.65. The first-order valence-corrected chi connectivity index (χ1v) is 4.65. The van der Waals surface area contributed by atoms with Crippen LogP contribution in [0.2, 0.25) is 0 Å². The van der Waals surface area contributed by atoms with E-state index in [-0.39, 0.29) is 5.56 Å². The highest BCUT2D eigenvalue weighted by Gasteiger charge is 2.16. The lowest BCUT2D eigenvalue weighted by Crippen LogP contribution is -2.22. The molecule has 2 heterocycles. The largest absolute Gasteiger partial charge is 0.387 e. The van der Waals surface area contributed by atoms with Gasteiger partial charge in [-0.15, -0.1) is 0 Å². The molecule has 1 N–H and O–H groups in total. The van der Waals surface area contributed by atoms with Crippen LogP contribution in [-0.4, -0.2) is 11.6 Å². The highest BCUT2D eigenvalue weighted by Crippen LogP contribution is 2.21. The molecule has 3 heteroatoms. The second-order valence-corrected chi connectivity index (χ2v) is 3.50. The summed E-state index contributed by atoms with van der Waals surface area (Å²) >= 11 is 0. The van der Waals surface area contributed by atoms with Crippen molar-refractivity contribution in [3.63, 3.8) is 0 Å². The van der Waals surface area contributed by atoms with Crippen molar-refractivity contribution >= 4 is 5.69 Å². The Morgan fingerprint density at radius 3 is 3.00 bits per heavy atom. The molecule has 0 aliphatic carbocycles. The second-order valence-electron chi connectivity index (χ2n) is 3.50. The maximum Gasteiger partial charge on any atom is 0.253 e. The number of aromatic nitrogens is 1. The smallest absolute Gasteiger partial charge is 0.253 e. The number of pyridine rings is 1. The Labute approximate surface area is 77.4 Å². The van der Waals surface area contributed by atoms with Crippen molar-refractivity contribution in [2.24, 2.45) is 0 Å². The van der Waals surface area contributed by atoms with Crippen molar-refractivity contribution in [2.75, 3.05) is 12.4 Å². The predicted molar refractivity (Wildman–Crippen MR) is 53.3 cm³/mol. The van der Waals surface area contributed by atoms with Crippen LogP contribution in [0.4, 0.5) is 5.69 Å². The molecule has 0 saturated carbocycles. The highest BCUT2D eigenvalue weighted by atomic mass is 16.1. The molecule has 70 valence electrons. The van der Waals surface area contributed by atoms with E-state index in [1.807, 2.05) is 24.6 Å². The molecule has 0 bridgehead atoms. The van der Waals surface area contributed by atoms with Gasteiger partial charge in [0.05, 0.1) is 5.69 Å². The van der Waals surface area contributed by atoms with Crippen molar-refractivity contribution in [2.45, 2.75) is 26.3 Å². The summed E-state index contributed by atoms with van der Waals surface area (Å²) in [5, 5.41) is 3.14. The quantitative estimate of drug-likeness (QED) is 0.699. The number of anilines is 1. The molecule has 1 aromatic rings. The fraction of sp³-hybridized carbons (Fsp3) is 0.500. The lowest BCUT2D eigenvalue weighted by Gasteiger charge is -2.10. The number of nitrogens with one attached hydrogen (secondary N) is 1. The first-order chi connectivity index (χ1) is 6.24. The SMILES string of the molecule is CNc1cc(C)c(=O)n2c1CCC2. The summed E-state index contributed by atoms with van der Waals surface area (Å²) in [5.41, 5.74) is 3.27. The van der Waals surface area contributed by atoms with Crippen LogP contribution >= 0.6 is 0 Å². The van der Waals surface area contributed by atoms with Crippen LogP contribution in [0.3, 0.4) is 0 Å². The first kappa shape index (κ1) is 8.35. The molecular formula is C10H14N2O. The Bertz CT molecular complexity index is 393. The highest BCUT2D eigenvalue weighted by molar-refractivity contribution is 5.50. The molecule has 0 atom stereocenters. The van der Waals surface area contributed by atoms with Crippen molar-refractivity contribution in [1.29, 1.82) is 0 Å². The van der Waals surface area contributed by atoms with E-state index in [2.05, 4.69) is 5.32 Å². The minimum atomic E-state index is 0.173. The summed E-state index contributed by atoms with van der Waals surface area (Å²) in [4.78, 5) is 11.7. The van der Waals surface area contributed by atoms with E-state index >= 15 is 0 Å². The summed E-state index contributed by atoms with van der Waals surface area (Å²) < 4.78 is 1.89. The van der Waals surface area contributed by atoms with Gasteiger partial charge in [0, 0.05) is 24.8 Å². The minimum Gasteiger partial charge on any atom is -0.387 e. The van der Waals surface area contributed by atoms with Gasteiger partial charge in [0.2, 0.25) is 0 Å². The van der Waals surface area contributed by atoms with Crippen LogP contribution in [0.5, 0.6) is 0 Å². The molecule has 2 rings (SSSR count). The molecule has 0 fully saturated rings. The number of hydrogen-bond donors (Lipinski definition) is 1. The van der Waals surface area contributed by atoms with E-state index in [0.29, 0.717) is 0 Å². The average Bonchev–Trinajstić information content (AvgIpc) is 2.60. The Kier molecular flexibility index (Phi) is 1.87. The molecule has 0 unspecified atom stereocenters. The summed E-state index contributed by atoms with van der Waals surface area (Å²) in [7, 11) is 1.90. The molecular weight excluding hydrogens is 164 g/mol. The maximum absolute atomic E-state index is 11.7. The van der Waals surface area contributed by atoms with Gasteiger partial charge < -0.3 is 9.88 Å². The molecule has 0 saturated heterocycles. The van der Waals surface area contributed by atoms with Gasteiger partial charge in [0.15, 0.2) is 0 Å². The van der Waals surface area contributed by atoms with Crippen LogP contribution in [-0.2, 0) is 13.0 Å². The normalized spacial score (nSPS) is 14.3. The summed E-state index contributed by atoms with van der Waals surface area (Å²) in [5.74, 6) is 0. The van der Waals surface area contributed by atoms with Gasteiger partial charge in [-0.1, -0.05) is 0 Å². The van der Waals surface area contributed by atoms with Crippen LogP contribution in [0.25, 0.3) is 0 Å². The van der Waals surface area contributed by atoms with Crippen molar-refractivity contribution in [3.8, 4) is 0 Å². The zero-order chi connectivity index (χ0) is 9.42. The molecule has 3 nitrogen and oxygen atoms in total. The second kappa shape index (κ2) is 2.91. The Morgan fingerprint density at radius 2 is 2.31 bits per heavy atom. The number of rotatable bonds is 1. The summed E-state index contributed by atoms with van der Waals surface area (Å²) in [6, 6.07) is 1.94. The van der Waals surface area contributed by atoms with Gasteiger partial charge in [0.25, 0.3) is 5.56 Å². The Morgan fingerprint density at radius 1 is 1.54 bits per heavy atom. The van der Waals surface area contributed by atoms with Crippen LogP contribution in [0.1, 0.15) is 17.7 Å². The monoisotopic (exact) mass is 178 g/mol. The van der Waals surface area contributed by atoms with E-state index in [9.17, 15) is 4.79 Å². The fourth-order valence-electron chi connectivity index (χ4n) is 1.97. The molecule has 0 radical (unpaired) electrons. The van der Waals surface area contributed by atoms with Crippen molar-refractivity contribution < 1.29 is 0 Å². The number of fused-ring (bicyclic) bond motifs is 1. The molecule has 0 amide bonds. The van der Waals surface area contributed by atoms with Crippen LogP contribution in [0, 0.1) is 6.92 Å². The predicted octanol–water partition coefficient (Wildman–Crippen LogP) is 1.14. The van der Waals surface area contributed by atoms with E-state index in [4.69, 9.17) is 0 Å². The third-order valence-corrected chi connectivity index (χ3v) is 2.64. The molecule has 1 aliphatic rings. The standard InChI is InChI=1S/C10H14N2O/c1-7-6-8(11-2)9-4-3-5-12(9)10(7)13/h6,11H,3-5H2,1-2H3. The molecule has 0 aromatic carbocycles. The van der Waals surface area contributed by atoms with E-state index < -0.39 is 0 Å². The van der Waals surface area contributed by atoms with E-state index in [0.717, 1.165) is 36.3 Å².